The summed E-state index contributed by atoms with van der Waals surface area (Å²) < 4.78 is 31.3. The van der Waals surface area contributed by atoms with E-state index in [4.69, 9.17) is 4.74 Å². The van der Waals surface area contributed by atoms with Crippen LogP contribution in [0.5, 0.6) is 5.75 Å². The SMILES string of the molecule is CN=C(NCCOc1ccc(F)c(F)c1)NCCN1CCCCC1. The van der Waals surface area contributed by atoms with Crippen molar-refractivity contribution in [3.8, 4) is 5.75 Å². The Bertz CT molecular complexity index is 533. The molecule has 24 heavy (non-hydrogen) atoms. The second-order valence-electron chi connectivity index (χ2n) is 5.75. The fourth-order valence-corrected chi connectivity index (χ4v) is 2.64. The van der Waals surface area contributed by atoms with Gasteiger partial charge in [-0.05, 0) is 38.1 Å². The van der Waals surface area contributed by atoms with Crippen molar-refractivity contribution < 1.29 is 13.5 Å². The first-order valence-corrected chi connectivity index (χ1v) is 8.44. The van der Waals surface area contributed by atoms with Gasteiger partial charge in [-0.3, -0.25) is 4.99 Å². The third kappa shape index (κ3) is 6.31. The molecule has 134 valence electrons. The highest BCUT2D eigenvalue weighted by Gasteiger charge is 2.09. The monoisotopic (exact) mass is 340 g/mol. The molecule has 0 amide bonds. The van der Waals surface area contributed by atoms with Crippen molar-refractivity contribution in [3.05, 3.63) is 29.8 Å². The van der Waals surface area contributed by atoms with Crippen molar-refractivity contribution in [2.75, 3.05) is 46.4 Å². The lowest BCUT2D eigenvalue weighted by molar-refractivity contribution is 0.232. The number of rotatable bonds is 7. The molecule has 1 fully saturated rings. The number of halogens is 2. The van der Waals surface area contributed by atoms with Crippen LogP contribution in [0.15, 0.2) is 23.2 Å². The number of hydrogen-bond donors (Lipinski definition) is 2. The average molecular weight is 340 g/mol. The first kappa shape index (κ1) is 18.4. The third-order valence-electron chi connectivity index (χ3n) is 3.95. The minimum atomic E-state index is -0.907. The molecule has 0 spiro atoms. The van der Waals surface area contributed by atoms with Gasteiger partial charge in [0.05, 0.1) is 6.54 Å². The predicted octanol–water partition coefficient (Wildman–Crippen LogP) is 1.99. The number of ether oxygens (including phenoxy) is 1. The molecule has 0 unspecified atom stereocenters. The van der Waals surface area contributed by atoms with E-state index < -0.39 is 11.6 Å². The zero-order valence-electron chi connectivity index (χ0n) is 14.2. The number of benzene rings is 1. The first-order chi connectivity index (χ1) is 11.7. The zero-order chi connectivity index (χ0) is 17.2. The van der Waals surface area contributed by atoms with Crippen LogP contribution in [0, 0.1) is 11.6 Å². The van der Waals surface area contributed by atoms with Gasteiger partial charge < -0.3 is 20.3 Å². The fourth-order valence-electron chi connectivity index (χ4n) is 2.64. The van der Waals surface area contributed by atoms with Crippen LogP contribution in [0.2, 0.25) is 0 Å². The number of guanidine groups is 1. The third-order valence-corrected chi connectivity index (χ3v) is 3.95. The standard InChI is InChI=1S/C17H26F2N4O/c1-20-17(21-7-11-23-9-3-2-4-10-23)22-8-12-24-14-5-6-15(18)16(19)13-14/h5-6,13H,2-4,7-12H2,1H3,(H2,20,21,22). The maximum Gasteiger partial charge on any atom is 0.191 e. The molecule has 2 rings (SSSR count). The van der Waals surface area contributed by atoms with Crippen LogP contribution >= 0.6 is 0 Å². The van der Waals surface area contributed by atoms with Crippen LogP contribution in [0.4, 0.5) is 8.78 Å². The Morgan fingerprint density at radius 2 is 1.88 bits per heavy atom. The van der Waals surface area contributed by atoms with E-state index in [1.165, 1.54) is 38.4 Å². The molecule has 1 saturated heterocycles. The molecule has 0 atom stereocenters. The van der Waals surface area contributed by atoms with Crippen LogP contribution in [-0.4, -0.2) is 57.2 Å². The largest absolute Gasteiger partial charge is 0.492 e. The molecule has 1 heterocycles. The number of hydrogen-bond acceptors (Lipinski definition) is 3. The molecule has 1 aromatic carbocycles. The lowest BCUT2D eigenvalue weighted by Crippen LogP contribution is -2.43. The summed E-state index contributed by atoms with van der Waals surface area (Å²) in [5.41, 5.74) is 0. The van der Waals surface area contributed by atoms with E-state index in [0.29, 0.717) is 24.9 Å². The van der Waals surface area contributed by atoms with Crippen LogP contribution < -0.4 is 15.4 Å². The number of likely N-dealkylation sites (tertiary alicyclic amines) is 1. The first-order valence-electron chi connectivity index (χ1n) is 8.44. The Labute approximate surface area is 142 Å². The van der Waals surface area contributed by atoms with Crippen molar-refractivity contribution in [1.82, 2.24) is 15.5 Å². The maximum atomic E-state index is 13.1. The summed E-state index contributed by atoms with van der Waals surface area (Å²) in [6, 6.07) is 3.50. The number of nitrogens with one attached hydrogen (secondary N) is 2. The molecule has 0 saturated carbocycles. The van der Waals surface area contributed by atoms with Crippen LogP contribution in [0.25, 0.3) is 0 Å². The van der Waals surface area contributed by atoms with Gasteiger partial charge in [-0.2, -0.15) is 0 Å². The highest BCUT2D eigenvalue weighted by Crippen LogP contribution is 2.14. The van der Waals surface area contributed by atoms with Gasteiger partial charge in [0.15, 0.2) is 17.6 Å². The van der Waals surface area contributed by atoms with Gasteiger partial charge in [-0.1, -0.05) is 6.42 Å². The molecule has 5 nitrogen and oxygen atoms in total. The summed E-state index contributed by atoms with van der Waals surface area (Å²) in [4.78, 5) is 6.61. The average Bonchev–Trinajstić information content (AvgIpc) is 2.61. The summed E-state index contributed by atoms with van der Waals surface area (Å²) in [6.07, 6.45) is 3.91. The fraction of sp³-hybridized carbons (Fsp3) is 0.588. The number of piperidine rings is 1. The second-order valence-corrected chi connectivity index (χ2v) is 5.75. The van der Waals surface area contributed by atoms with E-state index in [-0.39, 0.29) is 0 Å². The van der Waals surface area contributed by atoms with E-state index in [2.05, 4.69) is 20.5 Å². The maximum absolute atomic E-state index is 13.1. The van der Waals surface area contributed by atoms with Crippen LogP contribution in [0.1, 0.15) is 19.3 Å². The second kappa shape index (κ2) is 10.1. The number of nitrogens with zero attached hydrogens (tertiary/aromatic N) is 2. The van der Waals surface area contributed by atoms with Crippen molar-refractivity contribution in [2.24, 2.45) is 4.99 Å². The van der Waals surface area contributed by atoms with Gasteiger partial charge in [-0.25, -0.2) is 8.78 Å². The van der Waals surface area contributed by atoms with Crippen molar-refractivity contribution in [2.45, 2.75) is 19.3 Å². The Hall–Kier alpha value is -1.89. The molecule has 0 radical (unpaired) electrons. The van der Waals surface area contributed by atoms with Gasteiger partial charge in [0, 0.05) is 26.2 Å². The lowest BCUT2D eigenvalue weighted by atomic mass is 10.1. The Morgan fingerprint density at radius 3 is 2.58 bits per heavy atom. The van der Waals surface area contributed by atoms with Gasteiger partial charge in [0.1, 0.15) is 12.4 Å². The molecular formula is C17H26F2N4O. The van der Waals surface area contributed by atoms with Crippen LogP contribution in [0.3, 0.4) is 0 Å². The van der Waals surface area contributed by atoms with E-state index in [1.54, 1.807) is 7.05 Å². The minimum Gasteiger partial charge on any atom is -0.492 e. The quantitative estimate of drug-likeness (QED) is 0.453. The summed E-state index contributed by atoms with van der Waals surface area (Å²) in [6.45, 7) is 5.04. The highest BCUT2D eigenvalue weighted by atomic mass is 19.2. The number of aliphatic imine (C=N–C) groups is 1. The molecular weight excluding hydrogens is 314 g/mol. The molecule has 0 aliphatic carbocycles. The molecule has 1 aliphatic rings. The molecule has 0 aromatic heterocycles. The van der Waals surface area contributed by atoms with Gasteiger partial charge in [-0.15, -0.1) is 0 Å². The minimum absolute atomic E-state index is 0.309. The lowest BCUT2D eigenvalue weighted by Gasteiger charge is -2.26. The summed E-state index contributed by atoms with van der Waals surface area (Å²) >= 11 is 0. The smallest absolute Gasteiger partial charge is 0.191 e. The highest BCUT2D eigenvalue weighted by molar-refractivity contribution is 5.79. The van der Waals surface area contributed by atoms with Crippen molar-refractivity contribution >= 4 is 5.96 Å². The Balaban J connectivity index is 1.59. The van der Waals surface area contributed by atoms with Gasteiger partial charge in [0.2, 0.25) is 0 Å². The van der Waals surface area contributed by atoms with E-state index in [0.717, 1.165) is 25.2 Å². The molecule has 1 aliphatic heterocycles. The predicted molar refractivity (Wildman–Crippen MR) is 91.5 cm³/mol. The van der Waals surface area contributed by atoms with Gasteiger partial charge in [0.25, 0.3) is 0 Å². The zero-order valence-corrected chi connectivity index (χ0v) is 14.2. The van der Waals surface area contributed by atoms with E-state index in [1.807, 2.05) is 0 Å². The van der Waals surface area contributed by atoms with Crippen molar-refractivity contribution in [3.63, 3.8) is 0 Å². The Kier molecular flexibility index (Phi) is 7.74. The van der Waals surface area contributed by atoms with E-state index >= 15 is 0 Å². The van der Waals surface area contributed by atoms with Gasteiger partial charge >= 0.3 is 0 Å². The summed E-state index contributed by atoms with van der Waals surface area (Å²) in [5, 5.41) is 6.39. The molecule has 2 N–H and O–H groups in total. The summed E-state index contributed by atoms with van der Waals surface area (Å²) in [7, 11) is 1.71. The molecule has 1 aromatic rings. The molecule has 0 bridgehead atoms. The van der Waals surface area contributed by atoms with E-state index in [9.17, 15) is 8.78 Å². The normalized spacial score (nSPS) is 16.0. The Morgan fingerprint density at radius 1 is 1.12 bits per heavy atom. The molecule has 7 heteroatoms. The summed E-state index contributed by atoms with van der Waals surface area (Å²) in [5.74, 6) is -0.765. The van der Waals surface area contributed by atoms with Crippen molar-refractivity contribution in [1.29, 1.82) is 0 Å². The topological polar surface area (TPSA) is 48.9 Å². The van der Waals surface area contributed by atoms with Crippen LogP contribution in [-0.2, 0) is 0 Å².